The van der Waals surface area contributed by atoms with Crippen LogP contribution in [0.4, 0.5) is 19.0 Å². The number of H-pyrrole nitrogens is 1. The minimum absolute atomic E-state index is 0.176. The number of halogens is 3. The molecule has 0 spiro atoms. The number of carbonyl (C=O) groups excluding carboxylic acids is 1. The zero-order valence-corrected chi connectivity index (χ0v) is 10.4. The van der Waals surface area contributed by atoms with Crippen molar-refractivity contribution in [2.45, 2.75) is 20.0 Å². The largest absolute Gasteiger partial charge is 0.453 e. The molecule has 0 fully saturated rings. The predicted molar refractivity (Wildman–Crippen MR) is 62.1 cm³/mol. The van der Waals surface area contributed by atoms with Gasteiger partial charge in [0.15, 0.2) is 0 Å². The summed E-state index contributed by atoms with van der Waals surface area (Å²) in [5.74, 6) is -2.84. The van der Waals surface area contributed by atoms with E-state index >= 15 is 0 Å². The van der Waals surface area contributed by atoms with E-state index in [1.807, 2.05) is 0 Å². The molecule has 2 heterocycles. The van der Waals surface area contributed by atoms with Gasteiger partial charge in [-0.3, -0.25) is 14.6 Å². The molecule has 0 saturated heterocycles. The second kappa shape index (κ2) is 4.62. The van der Waals surface area contributed by atoms with Gasteiger partial charge in [0.1, 0.15) is 5.82 Å². The Balaban J connectivity index is 2.56. The third-order valence-electron chi connectivity index (χ3n) is 2.37. The van der Waals surface area contributed by atoms with E-state index in [2.05, 4.69) is 20.4 Å². The Morgan fingerprint density at radius 2 is 2.10 bits per heavy atom. The Morgan fingerprint density at radius 3 is 2.65 bits per heavy atom. The van der Waals surface area contributed by atoms with Crippen LogP contribution in [0, 0.1) is 5.92 Å². The summed E-state index contributed by atoms with van der Waals surface area (Å²) in [7, 11) is 0. The summed E-state index contributed by atoms with van der Waals surface area (Å²) >= 11 is 0. The molecule has 7 nitrogen and oxygen atoms in total. The minimum atomic E-state index is -4.75. The second-order valence-corrected chi connectivity index (χ2v) is 4.33. The van der Waals surface area contributed by atoms with Gasteiger partial charge >= 0.3 is 6.18 Å². The van der Waals surface area contributed by atoms with Crippen molar-refractivity contribution in [2.24, 2.45) is 5.92 Å². The Bertz CT molecular complexity index is 716. The molecule has 2 N–H and O–H groups in total. The normalized spacial score (nSPS) is 12.1. The average Bonchev–Trinajstić information content (AvgIpc) is 2.72. The highest BCUT2D eigenvalue weighted by Gasteiger charge is 2.36. The van der Waals surface area contributed by atoms with Crippen LogP contribution in [0.1, 0.15) is 19.7 Å². The summed E-state index contributed by atoms with van der Waals surface area (Å²) in [5, 5.41) is 5.56. The lowest BCUT2D eigenvalue weighted by Gasteiger charge is -2.07. The number of anilines is 1. The molecule has 108 valence electrons. The fourth-order valence-electron chi connectivity index (χ4n) is 1.37. The molecule has 0 bridgehead atoms. The number of hydrogen-bond acceptors (Lipinski definition) is 4. The summed E-state index contributed by atoms with van der Waals surface area (Å²) in [5.41, 5.74) is -0.697. The van der Waals surface area contributed by atoms with Crippen molar-refractivity contribution in [3.63, 3.8) is 0 Å². The molecule has 0 saturated carbocycles. The number of nitrogens with zero attached hydrogens (tertiary/aromatic N) is 3. The smallest absolute Gasteiger partial charge is 0.310 e. The lowest BCUT2D eigenvalue weighted by atomic mass is 10.2. The first-order valence-corrected chi connectivity index (χ1v) is 5.56. The molecule has 20 heavy (non-hydrogen) atoms. The van der Waals surface area contributed by atoms with Crippen molar-refractivity contribution in [3.8, 4) is 0 Å². The molecule has 0 aliphatic heterocycles. The number of carbonyl (C=O) groups is 1. The van der Waals surface area contributed by atoms with Crippen LogP contribution in [0.25, 0.3) is 5.78 Å². The van der Waals surface area contributed by atoms with Crippen molar-refractivity contribution in [2.75, 3.05) is 5.32 Å². The topological polar surface area (TPSA) is 92.1 Å². The van der Waals surface area contributed by atoms with Gasteiger partial charge in [0.25, 0.3) is 11.4 Å². The molecule has 0 aromatic carbocycles. The highest BCUT2D eigenvalue weighted by atomic mass is 19.4. The van der Waals surface area contributed by atoms with Crippen molar-refractivity contribution in [1.82, 2.24) is 19.6 Å². The molecule has 0 aliphatic rings. The molecule has 2 aromatic rings. The van der Waals surface area contributed by atoms with Crippen LogP contribution in [-0.4, -0.2) is 25.5 Å². The maximum absolute atomic E-state index is 12.5. The first kappa shape index (κ1) is 14.0. The lowest BCUT2D eigenvalue weighted by molar-refractivity contribution is -0.144. The van der Waals surface area contributed by atoms with Crippen molar-refractivity contribution >= 4 is 17.5 Å². The monoisotopic (exact) mass is 289 g/mol. The molecule has 2 aromatic heterocycles. The van der Waals surface area contributed by atoms with Gasteiger partial charge in [-0.25, -0.2) is 0 Å². The van der Waals surface area contributed by atoms with E-state index in [1.54, 1.807) is 13.8 Å². The van der Waals surface area contributed by atoms with Gasteiger partial charge in [-0.15, -0.1) is 5.10 Å². The Morgan fingerprint density at radius 1 is 1.45 bits per heavy atom. The predicted octanol–water partition coefficient (Wildman–Crippen LogP) is 1.03. The van der Waals surface area contributed by atoms with Crippen LogP contribution in [0.2, 0.25) is 0 Å². The van der Waals surface area contributed by atoms with Crippen LogP contribution in [0.3, 0.4) is 0 Å². The van der Waals surface area contributed by atoms with Crippen molar-refractivity contribution in [3.05, 3.63) is 22.2 Å². The highest BCUT2D eigenvalue weighted by Crippen LogP contribution is 2.26. The highest BCUT2D eigenvalue weighted by molar-refractivity contribution is 5.91. The number of fused-ring (bicyclic) bond motifs is 1. The number of amides is 1. The van der Waals surface area contributed by atoms with Gasteiger partial charge in [0.05, 0.1) is 0 Å². The SMILES string of the molecule is CC(C)C(=O)Nc1cc(=O)[nH]c2nc(C(F)(F)F)nn12. The molecule has 0 aliphatic carbocycles. The van der Waals surface area contributed by atoms with Crippen molar-refractivity contribution in [1.29, 1.82) is 0 Å². The summed E-state index contributed by atoms with van der Waals surface area (Å²) < 4.78 is 38.3. The molecule has 0 atom stereocenters. The third-order valence-corrected chi connectivity index (χ3v) is 2.37. The van der Waals surface area contributed by atoms with Crippen LogP contribution in [0.5, 0.6) is 0 Å². The van der Waals surface area contributed by atoms with Crippen molar-refractivity contribution < 1.29 is 18.0 Å². The van der Waals surface area contributed by atoms with Crippen LogP contribution in [0.15, 0.2) is 10.9 Å². The average molecular weight is 289 g/mol. The second-order valence-electron chi connectivity index (χ2n) is 4.33. The van der Waals surface area contributed by atoms with E-state index in [0.29, 0.717) is 0 Å². The number of aromatic nitrogens is 4. The summed E-state index contributed by atoms with van der Waals surface area (Å²) in [6.07, 6.45) is -4.75. The Labute approximate surface area is 109 Å². The quantitative estimate of drug-likeness (QED) is 0.863. The van der Waals surface area contributed by atoms with E-state index < -0.39 is 35.2 Å². The Kier molecular flexibility index (Phi) is 3.24. The minimum Gasteiger partial charge on any atom is -0.310 e. The molecule has 10 heteroatoms. The van der Waals surface area contributed by atoms with E-state index in [4.69, 9.17) is 0 Å². The van der Waals surface area contributed by atoms with Crippen LogP contribution < -0.4 is 10.9 Å². The Hall–Kier alpha value is -2.39. The number of hydrogen-bond donors (Lipinski definition) is 2. The van der Waals surface area contributed by atoms with Gasteiger partial charge < -0.3 is 5.32 Å². The molecular formula is C10H10F3N5O2. The summed E-state index contributed by atoms with van der Waals surface area (Å²) in [6, 6.07) is 0.933. The van der Waals surface area contributed by atoms with Gasteiger partial charge in [0, 0.05) is 12.0 Å². The third kappa shape index (κ3) is 2.63. The molecule has 0 radical (unpaired) electrons. The molecule has 2 rings (SSSR count). The maximum atomic E-state index is 12.5. The first-order chi connectivity index (χ1) is 9.18. The van der Waals surface area contributed by atoms with Crippen LogP contribution in [-0.2, 0) is 11.0 Å². The van der Waals surface area contributed by atoms with E-state index in [0.717, 1.165) is 10.6 Å². The first-order valence-electron chi connectivity index (χ1n) is 5.56. The number of rotatable bonds is 2. The van der Waals surface area contributed by atoms with E-state index in [-0.39, 0.29) is 5.82 Å². The zero-order chi connectivity index (χ0) is 15.1. The van der Waals surface area contributed by atoms with Gasteiger partial charge in [-0.1, -0.05) is 13.8 Å². The summed E-state index contributed by atoms with van der Waals surface area (Å²) in [6.45, 7) is 3.20. The standard InChI is InChI=1S/C10H10F3N5O2/c1-4(2)7(20)14-5-3-6(19)15-9-16-8(10(11,12)13)17-18(5)9/h3-4H,1-2H3,(H,14,20)(H,15,16,17,19). The molecule has 0 unspecified atom stereocenters. The van der Waals surface area contributed by atoms with Gasteiger partial charge in [-0.2, -0.15) is 22.7 Å². The van der Waals surface area contributed by atoms with Gasteiger partial charge in [0.2, 0.25) is 11.7 Å². The fourth-order valence-corrected chi connectivity index (χ4v) is 1.37. The van der Waals surface area contributed by atoms with Crippen LogP contribution >= 0.6 is 0 Å². The van der Waals surface area contributed by atoms with E-state index in [1.165, 1.54) is 0 Å². The number of alkyl halides is 3. The lowest BCUT2D eigenvalue weighted by Crippen LogP contribution is -2.22. The fraction of sp³-hybridized carbons (Fsp3) is 0.400. The van der Waals surface area contributed by atoms with E-state index in [9.17, 15) is 22.8 Å². The molecule has 1 amide bonds. The maximum Gasteiger partial charge on any atom is 0.453 e. The summed E-state index contributed by atoms with van der Waals surface area (Å²) in [4.78, 5) is 28.2. The van der Waals surface area contributed by atoms with Gasteiger partial charge in [-0.05, 0) is 0 Å². The number of nitrogens with one attached hydrogen (secondary N) is 2. The number of aromatic amines is 1. The molecular weight excluding hydrogens is 279 g/mol. The zero-order valence-electron chi connectivity index (χ0n) is 10.4.